The molecule has 1 aromatic rings. The van der Waals surface area contributed by atoms with Crippen LogP contribution in [0.25, 0.3) is 0 Å². The van der Waals surface area contributed by atoms with Crippen molar-refractivity contribution in [1.29, 1.82) is 0 Å². The molecular formula is C6H7NO5S. The summed E-state index contributed by atoms with van der Waals surface area (Å²) >= 11 is 0. The molecular weight excluding hydrogens is 198 g/mol. The van der Waals surface area contributed by atoms with Gasteiger partial charge in [-0.15, -0.1) is 4.91 Å². The first kappa shape index (κ1) is 11.5. The molecule has 0 atom stereocenters. The Morgan fingerprint density at radius 3 is 1.77 bits per heavy atom. The van der Waals surface area contributed by atoms with Gasteiger partial charge in [0.15, 0.2) is 5.34 Å². The fourth-order valence-corrected chi connectivity index (χ4v) is 1.09. The van der Waals surface area contributed by atoms with E-state index >= 15 is 0 Å². The van der Waals surface area contributed by atoms with Crippen molar-refractivity contribution in [2.75, 3.05) is 0 Å². The van der Waals surface area contributed by atoms with Crippen LogP contribution in [0, 0.1) is 4.91 Å². The molecule has 1 rings (SSSR count). The van der Waals surface area contributed by atoms with Crippen molar-refractivity contribution >= 4 is 10.1 Å². The summed E-state index contributed by atoms with van der Waals surface area (Å²) in [6.45, 7) is 0. The average molecular weight is 205 g/mol. The Balaban J connectivity index is 0.000000424. The highest BCUT2D eigenvalue weighted by Crippen LogP contribution is 2.05. The molecule has 0 saturated heterocycles. The minimum atomic E-state index is -4.00. The van der Waals surface area contributed by atoms with E-state index < -0.39 is 10.1 Å². The fraction of sp³-hybridized carbons (Fsp3) is 0. The summed E-state index contributed by atoms with van der Waals surface area (Å²) in [5, 5.41) is 7.89. The minimum absolute atomic E-state index is 0.0741. The molecule has 7 heteroatoms. The third kappa shape index (κ3) is 4.88. The maximum absolute atomic E-state index is 10.4. The maximum Gasteiger partial charge on any atom is 0.294 e. The van der Waals surface area contributed by atoms with E-state index in [0.717, 1.165) is 0 Å². The van der Waals surface area contributed by atoms with Crippen LogP contribution in [-0.4, -0.2) is 18.2 Å². The Morgan fingerprint density at radius 2 is 1.54 bits per heavy atom. The van der Waals surface area contributed by atoms with Gasteiger partial charge in [0.1, 0.15) is 0 Å². The molecule has 0 unspecified atom stereocenters. The second kappa shape index (κ2) is 5.22. The van der Waals surface area contributed by atoms with Crippen molar-refractivity contribution in [1.82, 2.24) is 0 Å². The monoisotopic (exact) mass is 205 g/mol. The second-order valence-electron chi connectivity index (χ2n) is 1.87. The van der Waals surface area contributed by atoms with Crippen LogP contribution in [0.5, 0.6) is 0 Å². The van der Waals surface area contributed by atoms with Crippen LogP contribution in [-0.2, 0) is 10.1 Å². The van der Waals surface area contributed by atoms with Crippen LogP contribution in [0.3, 0.4) is 0 Å². The Morgan fingerprint density at radius 1 is 1.15 bits per heavy atom. The van der Waals surface area contributed by atoms with Crippen molar-refractivity contribution in [2.24, 2.45) is 5.34 Å². The highest BCUT2D eigenvalue weighted by atomic mass is 32.2. The summed E-state index contributed by atoms with van der Waals surface area (Å²) in [6, 6.07) is 7.42. The van der Waals surface area contributed by atoms with Crippen molar-refractivity contribution in [2.45, 2.75) is 4.90 Å². The van der Waals surface area contributed by atoms with Crippen molar-refractivity contribution in [3.63, 3.8) is 0 Å². The van der Waals surface area contributed by atoms with Gasteiger partial charge >= 0.3 is 0 Å². The summed E-state index contributed by atoms with van der Waals surface area (Å²) in [5.41, 5.74) is 0. The third-order valence-corrected chi connectivity index (χ3v) is 1.91. The molecule has 0 aliphatic carbocycles. The third-order valence-electron chi connectivity index (χ3n) is 1.04. The van der Waals surface area contributed by atoms with E-state index in [4.69, 9.17) is 14.7 Å². The Hall–Kier alpha value is -1.47. The predicted molar refractivity (Wildman–Crippen MR) is 43.8 cm³/mol. The molecule has 0 fully saturated rings. The van der Waals surface area contributed by atoms with Gasteiger partial charge in [-0.2, -0.15) is 8.42 Å². The molecule has 0 heterocycles. The van der Waals surface area contributed by atoms with E-state index in [-0.39, 0.29) is 4.90 Å². The van der Waals surface area contributed by atoms with Gasteiger partial charge in [0.25, 0.3) is 10.1 Å². The quantitative estimate of drug-likeness (QED) is 0.405. The number of rotatable bonds is 1. The maximum atomic E-state index is 10.4. The average Bonchev–Trinajstić information content (AvgIpc) is 2.06. The first-order valence-corrected chi connectivity index (χ1v) is 4.45. The van der Waals surface area contributed by atoms with Crippen LogP contribution in [0.15, 0.2) is 40.6 Å². The molecule has 0 aliphatic rings. The molecule has 2 N–H and O–H groups in total. The zero-order valence-corrected chi connectivity index (χ0v) is 7.18. The lowest BCUT2D eigenvalue weighted by Gasteiger charge is -1.92. The minimum Gasteiger partial charge on any atom is -0.379 e. The van der Waals surface area contributed by atoms with E-state index in [9.17, 15) is 8.42 Å². The van der Waals surface area contributed by atoms with Gasteiger partial charge in [0.05, 0.1) is 4.90 Å². The summed E-state index contributed by atoms with van der Waals surface area (Å²) in [7, 11) is -4.00. The van der Waals surface area contributed by atoms with Crippen LogP contribution >= 0.6 is 0 Å². The Bertz CT molecular complexity index is 347. The van der Waals surface area contributed by atoms with Gasteiger partial charge in [0, 0.05) is 0 Å². The number of hydrogen-bond acceptors (Lipinski definition) is 4. The topological polar surface area (TPSA) is 104 Å². The molecule has 0 saturated carbocycles. The van der Waals surface area contributed by atoms with Gasteiger partial charge in [-0.1, -0.05) is 18.2 Å². The van der Waals surface area contributed by atoms with Gasteiger partial charge in [-0.25, -0.2) is 0 Å². The van der Waals surface area contributed by atoms with E-state index in [2.05, 4.69) is 0 Å². The highest BCUT2D eigenvalue weighted by Gasteiger charge is 2.05. The van der Waals surface area contributed by atoms with Gasteiger partial charge in [-0.3, -0.25) is 4.55 Å². The molecule has 13 heavy (non-hydrogen) atoms. The molecule has 0 spiro atoms. The van der Waals surface area contributed by atoms with Gasteiger partial charge in [0.2, 0.25) is 0 Å². The van der Waals surface area contributed by atoms with E-state index in [1.54, 1.807) is 18.2 Å². The zero-order chi connectivity index (χ0) is 10.3. The number of hydrogen-bond donors (Lipinski definition) is 2. The van der Waals surface area contributed by atoms with Crippen molar-refractivity contribution in [3.05, 3.63) is 35.2 Å². The van der Waals surface area contributed by atoms with Crippen LogP contribution in [0.1, 0.15) is 0 Å². The first-order valence-electron chi connectivity index (χ1n) is 3.01. The van der Waals surface area contributed by atoms with Crippen molar-refractivity contribution in [3.8, 4) is 0 Å². The van der Waals surface area contributed by atoms with E-state index in [1.165, 1.54) is 17.5 Å². The molecule has 72 valence electrons. The van der Waals surface area contributed by atoms with Gasteiger partial charge < -0.3 is 5.21 Å². The van der Waals surface area contributed by atoms with Gasteiger partial charge in [-0.05, 0) is 12.1 Å². The lowest BCUT2D eigenvalue weighted by Crippen LogP contribution is -1.96. The molecule has 6 nitrogen and oxygen atoms in total. The Kier molecular flexibility index (Phi) is 4.63. The summed E-state index contributed by atoms with van der Waals surface area (Å²) < 4.78 is 29.2. The molecule has 1 aromatic carbocycles. The second-order valence-corrected chi connectivity index (χ2v) is 3.29. The zero-order valence-electron chi connectivity index (χ0n) is 6.36. The molecule has 0 amide bonds. The molecule has 0 aromatic heterocycles. The van der Waals surface area contributed by atoms with Crippen LogP contribution < -0.4 is 0 Å². The molecule has 0 bridgehead atoms. The number of nitrogens with zero attached hydrogens (tertiary/aromatic N) is 1. The number of benzene rings is 1. The predicted octanol–water partition coefficient (Wildman–Crippen LogP) is 1.08. The van der Waals surface area contributed by atoms with Crippen LogP contribution in [0.4, 0.5) is 0 Å². The standard InChI is InChI=1S/C6H6O3S.HNO2/c7-10(8,9)6-4-2-1-3-5-6;2-1-3/h1-5H,(H,7,8,9);(H,2,3). The van der Waals surface area contributed by atoms with E-state index in [1.807, 2.05) is 0 Å². The SMILES string of the molecule is O=NO.O=S(=O)(O)c1ccccc1. The normalized spacial score (nSPS) is 9.62. The summed E-state index contributed by atoms with van der Waals surface area (Å²) in [4.78, 5) is 8.04. The smallest absolute Gasteiger partial charge is 0.294 e. The molecule has 0 aliphatic heterocycles. The highest BCUT2D eigenvalue weighted by molar-refractivity contribution is 7.85. The first-order chi connectivity index (χ1) is 6.02. The van der Waals surface area contributed by atoms with Crippen molar-refractivity contribution < 1.29 is 18.2 Å². The summed E-state index contributed by atoms with van der Waals surface area (Å²) in [5.74, 6) is 0. The Labute approximate surface area is 74.5 Å². The largest absolute Gasteiger partial charge is 0.379 e. The van der Waals surface area contributed by atoms with Crippen LogP contribution in [0.2, 0.25) is 0 Å². The molecule has 0 radical (unpaired) electrons. The summed E-state index contributed by atoms with van der Waals surface area (Å²) in [6.07, 6.45) is 0. The lowest BCUT2D eigenvalue weighted by atomic mass is 10.4. The van der Waals surface area contributed by atoms with E-state index in [0.29, 0.717) is 0 Å². The lowest BCUT2D eigenvalue weighted by molar-refractivity contribution is 0.312. The fourth-order valence-electron chi connectivity index (χ4n) is 0.592.